The van der Waals surface area contributed by atoms with Crippen molar-refractivity contribution in [2.45, 2.75) is 40.0 Å². The first kappa shape index (κ1) is 23.9. The second-order valence-electron chi connectivity index (χ2n) is 7.82. The van der Waals surface area contributed by atoms with Crippen LogP contribution in [-0.4, -0.2) is 66.8 Å². The van der Waals surface area contributed by atoms with Crippen LogP contribution in [0.15, 0.2) is 23.0 Å². The van der Waals surface area contributed by atoms with Gasteiger partial charge in [-0.15, -0.1) is 0 Å². The first-order chi connectivity index (χ1) is 15.6. The monoisotopic (exact) mass is 442 g/mol. The molecule has 2 aromatic rings. The lowest BCUT2D eigenvalue weighted by atomic mass is 10.1. The minimum absolute atomic E-state index is 0.142. The van der Waals surface area contributed by atoms with Crippen molar-refractivity contribution >= 4 is 5.91 Å². The lowest BCUT2D eigenvalue weighted by Gasteiger charge is -2.26. The van der Waals surface area contributed by atoms with Gasteiger partial charge in [0.25, 0.3) is 11.5 Å². The van der Waals surface area contributed by atoms with Crippen LogP contribution in [0.25, 0.3) is 11.4 Å². The molecule has 1 saturated heterocycles. The third-order valence-electron chi connectivity index (χ3n) is 5.57. The molecule has 0 radical (unpaired) electrons. The Morgan fingerprint density at radius 2 is 2.00 bits per heavy atom. The Bertz CT molecular complexity index is 967. The topological polar surface area (TPSA) is 96.5 Å². The Labute approximate surface area is 189 Å². The van der Waals surface area contributed by atoms with Gasteiger partial charge in [-0.05, 0) is 37.5 Å². The molecule has 0 atom stereocenters. The van der Waals surface area contributed by atoms with Crippen LogP contribution >= 0.6 is 0 Å². The molecule has 2 N–H and O–H groups in total. The van der Waals surface area contributed by atoms with Crippen molar-refractivity contribution in [1.29, 1.82) is 0 Å². The predicted molar refractivity (Wildman–Crippen MR) is 124 cm³/mol. The van der Waals surface area contributed by atoms with Crippen molar-refractivity contribution in [3.8, 4) is 17.1 Å². The number of aromatic amines is 1. The summed E-state index contributed by atoms with van der Waals surface area (Å²) in [5.41, 5.74) is 2.45. The summed E-state index contributed by atoms with van der Waals surface area (Å²) >= 11 is 0. The second kappa shape index (κ2) is 11.8. The van der Waals surface area contributed by atoms with Gasteiger partial charge in [-0.1, -0.05) is 20.8 Å². The Balaban J connectivity index is 1.84. The minimum Gasteiger partial charge on any atom is -0.493 e. The smallest absolute Gasteiger partial charge is 0.254 e. The highest BCUT2D eigenvalue weighted by Gasteiger charge is 2.17. The summed E-state index contributed by atoms with van der Waals surface area (Å²) in [5, 5.41) is 2.99. The van der Waals surface area contributed by atoms with Crippen LogP contribution in [0.5, 0.6) is 5.75 Å². The maximum Gasteiger partial charge on any atom is 0.254 e. The van der Waals surface area contributed by atoms with E-state index in [1.165, 1.54) is 0 Å². The Hall–Kier alpha value is -2.71. The van der Waals surface area contributed by atoms with Gasteiger partial charge in [-0.2, -0.15) is 0 Å². The van der Waals surface area contributed by atoms with Crippen LogP contribution in [0.3, 0.4) is 0 Å². The fourth-order valence-corrected chi connectivity index (χ4v) is 3.78. The van der Waals surface area contributed by atoms with Crippen molar-refractivity contribution < 1.29 is 14.3 Å². The van der Waals surface area contributed by atoms with Gasteiger partial charge >= 0.3 is 0 Å². The van der Waals surface area contributed by atoms with E-state index in [4.69, 9.17) is 14.5 Å². The van der Waals surface area contributed by atoms with Crippen LogP contribution in [-0.2, 0) is 17.6 Å². The van der Waals surface area contributed by atoms with Gasteiger partial charge in [-0.25, -0.2) is 4.98 Å². The van der Waals surface area contributed by atoms with E-state index in [2.05, 4.69) is 15.2 Å². The minimum atomic E-state index is -0.162. The van der Waals surface area contributed by atoms with E-state index in [1.807, 2.05) is 20.8 Å². The summed E-state index contributed by atoms with van der Waals surface area (Å²) in [4.78, 5) is 35.3. The predicted octanol–water partition coefficient (Wildman–Crippen LogP) is 2.41. The molecule has 3 rings (SSSR count). The van der Waals surface area contributed by atoms with Crippen LogP contribution in [0, 0.1) is 0 Å². The number of nitrogens with zero attached hydrogens (tertiary/aromatic N) is 2. The molecule has 0 unspecified atom stereocenters. The molecule has 1 aliphatic heterocycles. The fourth-order valence-electron chi connectivity index (χ4n) is 3.78. The lowest BCUT2D eigenvalue weighted by Crippen LogP contribution is -2.41. The van der Waals surface area contributed by atoms with E-state index in [9.17, 15) is 9.59 Å². The van der Waals surface area contributed by atoms with E-state index >= 15 is 0 Å². The molecule has 8 nitrogen and oxygen atoms in total. The van der Waals surface area contributed by atoms with Crippen LogP contribution in [0.4, 0.5) is 0 Å². The molecule has 0 spiro atoms. The van der Waals surface area contributed by atoms with Crippen molar-refractivity contribution in [3.05, 3.63) is 45.4 Å². The molecule has 1 fully saturated rings. The molecule has 2 heterocycles. The molecule has 0 aliphatic carbocycles. The number of H-pyrrole nitrogens is 1. The van der Waals surface area contributed by atoms with Gasteiger partial charge in [0.2, 0.25) is 0 Å². The Kier molecular flexibility index (Phi) is 8.81. The van der Waals surface area contributed by atoms with E-state index in [0.29, 0.717) is 54.3 Å². The molecule has 0 saturated carbocycles. The largest absolute Gasteiger partial charge is 0.493 e. The Morgan fingerprint density at radius 3 is 2.69 bits per heavy atom. The first-order valence-electron chi connectivity index (χ1n) is 11.5. The highest BCUT2D eigenvalue weighted by molar-refractivity contribution is 5.95. The number of rotatable bonds is 10. The van der Waals surface area contributed by atoms with Gasteiger partial charge in [0.05, 0.1) is 31.1 Å². The Morgan fingerprint density at radius 1 is 1.22 bits per heavy atom. The van der Waals surface area contributed by atoms with Gasteiger partial charge in [0.15, 0.2) is 0 Å². The number of amides is 1. The first-order valence-corrected chi connectivity index (χ1v) is 11.5. The van der Waals surface area contributed by atoms with E-state index in [0.717, 1.165) is 45.0 Å². The molecular formula is C24H34N4O4. The van der Waals surface area contributed by atoms with Crippen LogP contribution in [0.1, 0.15) is 48.8 Å². The number of aromatic nitrogens is 2. The number of aryl methyl sites for hydroxylation is 1. The fraction of sp³-hybridized carbons (Fsp3) is 0.542. The molecular weight excluding hydrogens is 408 g/mol. The normalized spacial score (nSPS) is 14.3. The number of ether oxygens (including phenoxy) is 2. The molecule has 1 aromatic heterocycles. The van der Waals surface area contributed by atoms with E-state index in [1.54, 1.807) is 18.2 Å². The SMILES string of the molecule is CCCOc1ccc(C(=O)NCCN2CCOCC2)cc1-c1nc(CC)c(CC)c(=O)[nH]1. The second-order valence-corrected chi connectivity index (χ2v) is 7.82. The highest BCUT2D eigenvalue weighted by atomic mass is 16.5. The number of hydrogen-bond acceptors (Lipinski definition) is 6. The highest BCUT2D eigenvalue weighted by Crippen LogP contribution is 2.29. The summed E-state index contributed by atoms with van der Waals surface area (Å²) in [6.45, 7) is 11.1. The summed E-state index contributed by atoms with van der Waals surface area (Å²) < 4.78 is 11.3. The maximum atomic E-state index is 12.8. The third-order valence-corrected chi connectivity index (χ3v) is 5.57. The van der Waals surface area contributed by atoms with Crippen LogP contribution < -0.4 is 15.6 Å². The van der Waals surface area contributed by atoms with Crippen molar-refractivity contribution in [1.82, 2.24) is 20.2 Å². The molecule has 32 heavy (non-hydrogen) atoms. The number of nitrogens with one attached hydrogen (secondary N) is 2. The molecule has 0 bridgehead atoms. The zero-order chi connectivity index (χ0) is 22.9. The molecule has 174 valence electrons. The number of benzene rings is 1. The van der Waals surface area contributed by atoms with E-state index in [-0.39, 0.29) is 11.5 Å². The number of hydrogen-bond donors (Lipinski definition) is 2. The maximum absolute atomic E-state index is 12.8. The lowest BCUT2D eigenvalue weighted by molar-refractivity contribution is 0.0383. The summed E-state index contributed by atoms with van der Waals surface area (Å²) in [5.74, 6) is 0.870. The standard InChI is InChI=1S/C24H34N4O4/c1-4-13-32-21-8-7-17(23(29)25-9-10-28-11-14-31-15-12-28)16-19(21)22-26-20(6-3)18(5-2)24(30)27-22/h7-8,16H,4-6,9-15H2,1-3H3,(H,25,29)(H,26,27,30). The zero-order valence-electron chi connectivity index (χ0n) is 19.3. The molecule has 1 aliphatic rings. The average Bonchev–Trinajstić information content (AvgIpc) is 2.82. The van der Waals surface area contributed by atoms with Crippen molar-refractivity contribution in [2.24, 2.45) is 0 Å². The number of carbonyl (C=O) groups is 1. The zero-order valence-corrected chi connectivity index (χ0v) is 19.3. The third kappa shape index (κ3) is 5.95. The van der Waals surface area contributed by atoms with Crippen molar-refractivity contribution in [3.63, 3.8) is 0 Å². The average molecular weight is 443 g/mol. The van der Waals surface area contributed by atoms with Gasteiger partial charge in [0.1, 0.15) is 11.6 Å². The quantitative estimate of drug-likeness (QED) is 0.587. The summed E-state index contributed by atoms with van der Waals surface area (Å²) in [6, 6.07) is 5.28. The van der Waals surface area contributed by atoms with Gasteiger partial charge < -0.3 is 19.8 Å². The van der Waals surface area contributed by atoms with Crippen LogP contribution in [0.2, 0.25) is 0 Å². The summed E-state index contributed by atoms with van der Waals surface area (Å²) in [7, 11) is 0. The van der Waals surface area contributed by atoms with Gasteiger partial charge in [-0.3, -0.25) is 14.5 Å². The van der Waals surface area contributed by atoms with Gasteiger partial charge in [0, 0.05) is 37.3 Å². The number of carbonyl (C=O) groups excluding carboxylic acids is 1. The molecule has 1 amide bonds. The molecule has 1 aromatic carbocycles. The molecule has 8 heteroatoms. The summed E-state index contributed by atoms with van der Waals surface area (Å²) in [6.07, 6.45) is 2.13. The van der Waals surface area contributed by atoms with E-state index < -0.39 is 0 Å². The van der Waals surface area contributed by atoms with Crippen molar-refractivity contribution in [2.75, 3.05) is 46.0 Å². The number of morpholine rings is 1.